The Bertz CT molecular complexity index is 1400. The number of anilines is 1. The summed E-state index contributed by atoms with van der Waals surface area (Å²) in [7, 11) is -4.24. The Kier molecular flexibility index (Phi) is 9.51. The first kappa shape index (κ1) is 29.1. The van der Waals surface area contributed by atoms with E-state index < -0.39 is 40.2 Å². The summed E-state index contributed by atoms with van der Waals surface area (Å²) in [4.78, 5) is 27.8. The van der Waals surface area contributed by atoms with E-state index in [0.29, 0.717) is 0 Å². The van der Waals surface area contributed by atoms with Crippen molar-refractivity contribution in [2.75, 3.05) is 10.8 Å². The molecule has 0 spiro atoms. The van der Waals surface area contributed by atoms with Crippen LogP contribution < -0.4 is 9.62 Å². The van der Waals surface area contributed by atoms with Crippen molar-refractivity contribution in [3.8, 4) is 0 Å². The monoisotopic (exact) mass is 559 g/mol. The summed E-state index contributed by atoms with van der Waals surface area (Å²) in [5.74, 6) is -1.69. The largest absolute Gasteiger partial charge is 0.352 e. The van der Waals surface area contributed by atoms with Crippen LogP contribution >= 0.6 is 11.6 Å². The van der Waals surface area contributed by atoms with Crippen molar-refractivity contribution in [3.63, 3.8) is 0 Å². The van der Waals surface area contributed by atoms with Gasteiger partial charge in [-0.1, -0.05) is 59.6 Å². The number of aryl methyl sites for hydroxylation is 1. The fraction of sp³-hybridized carbons (Fsp3) is 0.286. The van der Waals surface area contributed by atoms with Crippen LogP contribution in [0.3, 0.4) is 0 Å². The summed E-state index contributed by atoms with van der Waals surface area (Å²) in [6, 6.07) is 17.2. The summed E-state index contributed by atoms with van der Waals surface area (Å²) < 4.78 is 43.0. The van der Waals surface area contributed by atoms with Gasteiger partial charge in [-0.25, -0.2) is 12.8 Å². The van der Waals surface area contributed by atoms with E-state index in [0.717, 1.165) is 9.87 Å². The Labute approximate surface area is 228 Å². The quantitative estimate of drug-likeness (QED) is 0.382. The van der Waals surface area contributed by atoms with E-state index in [-0.39, 0.29) is 33.8 Å². The van der Waals surface area contributed by atoms with E-state index in [1.807, 2.05) is 6.92 Å². The molecule has 0 bridgehead atoms. The van der Waals surface area contributed by atoms with E-state index in [4.69, 9.17) is 11.6 Å². The molecule has 0 aromatic heterocycles. The minimum absolute atomic E-state index is 0.0259. The number of nitrogens with zero attached hydrogens (tertiary/aromatic N) is 2. The maximum absolute atomic E-state index is 14.5. The second-order valence-electron chi connectivity index (χ2n) is 9.23. The molecule has 202 valence electrons. The normalized spacial score (nSPS) is 12.2. The molecule has 0 unspecified atom stereocenters. The van der Waals surface area contributed by atoms with Crippen molar-refractivity contribution in [1.29, 1.82) is 0 Å². The average molecular weight is 560 g/mol. The number of nitrogens with one attached hydrogen (secondary N) is 1. The van der Waals surface area contributed by atoms with Crippen molar-refractivity contribution in [1.82, 2.24) is 10.2 Å². The Morgan fingerprint density at radius 3 is 2.16 bits per heavy atom. The molecule has 1 atom stereocenters. The maximum Gasteiger partial charge on any atom is 0.264 e. The molecular formula is C28H31ClFN3O4S. The van der Waals surface area contributed by atoms with Crippen LogP contribution in [0.2, 0.25) is 5.02 Å². The second kappa shape index (κ2) is 12.4. The lowest BCUT2D eigenvalue weighted by Gasteiger charge is -2.32. The van der Waals surface area contributed by atoms with Crippen molar-refractivity contribution in [2.45, 2.75) is 51.2 Å². The maximum atomic E-state index is 14.5. The first-order valence-electron chi connectivity index (χ1n) is 12.1. The molecule has 3 rings (SSSR count). The molecule has 0 heterocycles. The van der Waals surface area contributed by atoms with Crippen LogP contribution in [0.4, 0.5) is 10.1 Å². The van der Waals surface area contributed by atoms with Gasteiger partial charge in [0.2, 0.25) is 11.8 Å². The number of halogens is 2. The molecule has 0 saturated heterocycles. The minimum atomic E-state index is -4.24. The van der Waals surface area contributed by atoms with Gasteiger partial charge in [-0.05, 0) is 58.0 Å². The lowest BCUT2D eigenvalue weighted by atomic mass is 10.1. The fourth-order valence-electron chi connectivity index (χ4n) is 3.80. The molecule has 0 aliphatic carbocycles. The van der Waals surface area contributed by atoms with Gasteiger partial charge in [0, 0.05) is 18.2 Å². The molecule has 38 heavy (non-hydrogen) atoms. The standard InChI is InChI=1S/C28H31ClFN3O4S/c1-19(2)31-28(35)21(4)32(17-22-9-5-7-11-25(22)30)27(34)18-33(26-12-8-6-10-24(26)29)38(36,37)23-15-13-20(3)14-16-23/h5-16,19,21H,17-18H2,1-4H3,(H,31,35)/t21-/m0/s1. The van der Waals surface area contributed by atoms with Crippen molar-refractivity contribution in [3.05, 3.63) is 94.8 Å². The van der Waals surface area contributed by atoms with Gasteiger partial charge in [-0.3, -0.25) is 13.9 Å². The number of benzene rings is 3. The minimum Gasteiger partial charge on any atom is -0.352 e. The number of amides is 2. The second-order valence-corrected chi connectivity index (χ2v) is 11.5. The van der Waals surface area contributed by atoms with E-state index in [1.54, 1.807) is 44.2 Å². The number of carbonyl (C=O) groups is 2. The number of para-hydroxylation sites is 1. The van der Waals surface area contributed by atoms with Crippen LogP contribution in [0.5, 0.6) is 0 Å². The summed E-state index contributed by atoms with van der Waals surface area (Å²) in [5, 5.41) is 2.88. The SMILES string of the molecule is Cc1ccc(S(=O)(=O)N(CC(=O)N(Cc2ccccc2F)[C@@H](C)C(=O)NC(C)C)c2ccccc2Cl)cc1. The summed E-state index contributed by atoms with van der Waals surface area (Å²) in [6.45, 7) is 6.01. The van der Waals surface area contributed by atoms with E-state index in [9.17, 15) is 22.4 Å². The van der Waals surface area contributed by atoms with Gasteiger partial charge in [0.15, 0.2) is 0 Å². The van der Waals surface area contributed by atoms with Crippen LogP contribution in [0.15, 0.2) is 77.7 Å². The zero-order valence-electron chi connectivity index (χ0n) is 21.7. The predicted octanol–water partition coefficient (Wildman–Crippen LogP) is 4.92. The highest BCUT2D eigenvalue weighted by Crippen LogP contribution is 2.31. The molecule has 3 aromatic rings. The molecule has 0 aliphatic rings. The number of rotatable bonds is 10. The van der Waals surface area contributed by atoms with Crippen molar-refractivity contribution < 1.29 is 22.4 Å². The Morgan fingerprint density at radius 1 is 0.947 bits per heavy atom. The summed E-state index contributed by atoms with van der Waals surface area (Å²) >= 11 is 6.38. The number of hydrogen-bond acceptors (Lipinski definition) is 4. The number of hydrogen-bond donors (Lipinski definition) is 1. The molecule has 0 saturated carbocycles. The molecule has 0 radical (unpaired) electrons. The van der Waals surface area contributed by atoms with Crippen molar-refractivity contribution >= 4 is 39.1 Å². The first-order chi connectivity index (χ1) is 17.9. The van der Waals surface area contributed by atoms with Crippen LogP contribution in [0.1, 0.15) is 31.9 Å². The van der Waals surface area contributed by atoms with E-state index in [2.05, 4.69) is 5.32 Å². The molecule has 3 aromatic carbocycles. The van der Waals surface area contributed by atoms with Gasteiger partial charge >= 0.3 is 0 Å². The van der Waals surface area contributed by atoms with Gasteiger partial charge in [-0.15, -0.1) is 0 Å². The lowest BCUT2D eigenvalue weighted by Crippen LogP contribution is -2.52. The van der Waals surface area contributed by atoms with Crippen molar-refractivity contribution in [2.24, 2.45) is 0 Å². The Hall–Kier alpha value is -3.43. The van der Waals surface area contributed by atoms with Gasteiger partial charge in [0.1, 0.15) is 18.4 Å². The molecular weight excluding hydrogens is 529 g/mol. The number of carbonyl (C=O) groups excluding carboxylic acids is 2. The van der Waals surface area contributed by atoms with Gasteiger partial charge in [0.05, 0.1) is 15.6 Å². The zero-order chi connectivity index (χ0) is 28.0. The smallest absolute Gasteiger partial charge is 0.264 e. The summed E-state index contributed by atoms with van der Waals surface area (Å²) in [6.07, 6.45) is 0. The third-order valence-electron chi connectivity index (χ3n) is 5.91. The van der Waals surface area contributed by atoms with Crippen LogP contribution in [-0.4, -0.2) is 43.8 Å². The third-order valence-corrected chi connectivity index (χ3v) is 8.00. The number of sulfonamides is 1. The topological polar surface area (TPSA) is 86.8 Å². The van der Waals surface area contributed by atoms with Gasteiger partial charge in [-0.2, -0.15) is 0 Å². The fourth-order valence-corrected chi connectivity index (χ4v) is 5.52. The molecule has 0 fully saturated rings. The predicted molar refractivity (Wildman–Crippen MR) is 147 cm³/mol. The van der Waals surface area contributed by atoms with Crippen LogP contribution in [0.25, 0.3) is 0 Å². The van der Waals surface area contributed by atoms with E-state index >= 15 is 0 Å². The molecule has 7 nitrogen and oxygen atoms in total. The van der Waals surface area contributed by atoms with Gasteiger partial charge in [0.25, 0.3) is 10.0 Å². The Balaban J connectivity index is 2.06. The summed E-state index contributed by atoms with van der Waals surface area (Å²) in [5.41, 5.74) is 1.16. The average Bonchev–Trinajstić information content (AvgIpc) is 2.86. The van der Waals surface area contributed by atoms with Crippen LogP contribution in [-0.2, 0) is 26.2 Å². The highest BCUT2D eigenvalue weighted by Gasteiger charge is 2.33. The first-order valence-corrected chi connectivity index (χ1v) is 13.9. The highest BCUT2D eigenvalue weighted by molar-refractivity contribution is 7.92. The highest BCUT2D eigenvalue weighted by atomic mass is 35.5. The molecule has 0 aliphatic heterocycles. The van der Waals surface area contributed by atoms with E-state index in [1.165, 1.54) is 54.3 Å². The third kappa shape index (κ3) is 6.90. The van der Waals surface area contributed by atoms with Crippen LogP contribution in [0, 0.1) is 12.7 Å². The molecule has 2 amide bonds. The lowest BCUT2D eigenvalue weighted by molar-refractivity contribution is -0.139. The zero-order valence-corrected chi connectivity index (χ0v) is 23.3. The molecule has 10 heteroatoms. The van der Waals surface area contributed by atoms with Gasteiger partial charge < -0.3 is 10.2 Å². The Morgan fingerprint density at radius 2 is 1.55 bits per heavy atom. The molecule has 1 N–H and O–H groups in total.